The summed E-state index contributed by atoms with van der Waals surface area (Å²) in [5.74, 6) is -4.47. The number of aliphatic hydroxyl groups excluding tert-OH is 1. The molecule has 1 fully saturated rings. The number of nitrogens with one attached hydrogen (secondary N) is 2. The molecule has 3 heterocycles. The lowest BCUT2D eigenvalue weighted by molar-refractivity contribution is -0.130. The van der Waals surface area contributed by atoms with Gasteiger partial charge in [0.15, 0.2) is 11.6 Å². The first-order chi connectivity index (χ1) is 15.3. The molecule has 3 N–H and O–H groups in total. The zero-order chi connectivity index (χ0) is 23.0. The molecule has 2 atom stereocenters. The first-order valence-corrected chi connectivity index (χ1v) is 10.1. The number of aromatic nitrogens is 1. The third-order valence-electron chi connectivity index (χ3n) is 5.44. The molecule has 2 aromatic rings. The highest BCUT2D eigenvalue weighted by Gasteiger charge is 2.30. The minimum absolute atomic E-state index is 0.00756. The van der Waals surface area contributed by atoms with Gasteiger partial charge in [-0.25, -0.2) is 9.40 Å². The number of morpholine rings is 1. The molecule has 2 amide bonds. The fourth-order valence-electron chi connectivity index (χ4n) is 3.69. The van der Waals surface area contributed by atoms with Gasteiger partial charge >= 0.3 is 0 Å². The molecule has 0 radical (unpaired) electrons. The van der Waals surface area contributed by atoms with Gasteiger partial charge in [0, 0.05) is 19.3 Å². The number of aliphatic hydroxyl groups is 1. The van der Waals surface area contributed by atoms with Crippen molar-refractivity contribution >= 4 is 22.7 Å². The highest BCUT2D eigenvalue weighted by Crippen LogP contribution is 2.35. The lowest BCUT2D eigenvalue weighted by atomic mass is 10.1. The van der Waals surface area contributed by atoms with E-state index in [9.17, 15) is 28.3 Å². The Kier molecular flexibility index (Phi) is 6.09. The summed E-state index contributed by atoms with van der Waals surface area (Å²) < 4.78 is 40.2. The molecule has 10 nitrogen and oxygen atoms in total. The minimum Gasteiger partial charge on any atom is -0.486 e. The Hall–Kier alpha value is -3.09. The van der Waals surface area contributed by atoms with Crippen molar-refractivity contribution in [2.75, 3.05) is 39.5 Å². The maximum Gasteiger partial charge on any atom is 0.259 e. The largest absolute Gasteiger partial charge is 0.486 e. The number of carbonyl (C=O) groups excluding carboxylic acids is 2. The first-order valence-electron chi connectivity index (χ1n) is 10.1. The van der Waals surface area contributed by atoms with Crippen molar-refractivity contribution in [2.24, 2.45) is 0 Å². The Labute approximate surface area is 180 Å². The molecule has 0 saturated carbocycles. The number of carbonyl (C=O) groups is 2. The average Bonchev–Trinajstić information content (AvgIpc) is 2.78. The number of nitrogens with zero attached hydrogens (tertiary/aromatic N) is 2. The van der Waals surface area contributed by atoms with Crippen LogP contribution in [0.3, 0.4) is 0 Å². The van der Waals surface area contributed by atoms with E-state index in [1.165, 1.54) is 10.8 Å². The average molecular weight is 452 g/mol. The number of halogens is 2. The molecular formula is C20H22F2N4O6. The van der Waals surface area contributed by atoms with Crippen molar-refractivity contribution in [3.63, 3.8) is 0 Å². The van der Waals surface area contributed by atoms with Crippen molar-refractivity contribution in [3.05, 3.63) is 39.7 Å². The standard InChI is InChI=1S/C20H22F2N4O6/c1-10-9-32-18-15(22)13(21)6-11-16(18)26(10)7-12(17(11)28)19(29)23-14(8-27)20(30)24-25-2-4-31-5-3-25/h6-7,10,14,27H,2-5,8-9H2,1H3,(H,23,29)(H,24,30). The number of amides is 2. The Morgan fingerprint density at radius 1 is 1.31 bits per heavy atom. The van der Waals surface area contributed by atoms with Gasteiger partial charge in [0.2, 0.25) is 11.2 Å². The van der Waals surface area contributed by atoms with Crippen molar-refractivity contribution in [1.29, 1.82) is 0 Å². The van der Waals surface area contributed by atoms with Gasteiger partial charge in [0.05, 0.1) is 36.8 Å². The van der Waals surface area contributed by atoms with Gasteiger partial charge in [0.25, 0.3) is 11.8 Å². The predicted molar refractivity (Wildman–Crippen MR) is 107 cm³/mol. The SMILES string of the molecule is CC1COc2c(F)c(F)cc3c(=O)c(C(=O)NC(CO)C(=O)NN4CCOCC4)cn1c23. The summed E-state index contributed by atoms with van der Waals surface area (Å²) in [5, 5.41) is 13.3. The Morgan fingerprint density at radius 3 is 2.72 bits per heavy atom. The van der Waals surface area contributed by atoms with E-state index in [1.807, 2.05) is 0 Å². The van der Waals surface area contributed by atoms with Gasteiger partial charge in [0.1, 0.15) is 18.2 Å². The first kappa shape index (κ1) is 22.1. The molecule has 12 heteroatoms. The molecule has 0 spiro atoms. The van der Waals surface area contributed by atoms with Crippen molar-refractivity contribution in [3.8, 4) is 5.75 Å². The lowest BCUT2D eigenvalue weighted by Crippen LogP contribution is -2.56. The molecular weight excluding hydrogens is 430 g/mol. The van der Waals surface area contributed by atoms with Crippen molar-refractivity contribution in [1.82, 2.24) is 20.3 Å². The molecule has 0 aliphatic carbocycles. The topological polar surface area (TPSA) is 122 Å². The van der Waals surface area contributed by atoms with Gasteiger partial charge in [-0.1, -0.05) is 0 Å². The molecule has 2 unspecified atom stereocenters. The molecule has 0 bridgehead atoms. The quantitative estimate of drug-likeness (QED) is 0.569. The summed E-state index contributed by atoms with van der Waals surface area (Å²) in [5.41, 5.74) is 1.40. The zero-order valence-corrected chi connectivity index (χ0v) is 17.2. The van der Waals surface area contributed by atoms with Crippen LogP contribution in [0.4, 0.5) is 8.78 Å². The zero-order valence-electron chi connectivity index (χ0n) is 17.2. The Bertz CT molecular complexity index is 1130. The van der Waals surface area contributed by atoms with E-state index in [1.54, 1.807) is 11.9 Å². The second-order valence-corrected chi connectivity index (χ2v) is 7.62. The van der Waals surface area contributed by atoms with Crippen LogP contribution in [0.15, 0.2) is 17.1 Å². The second-order valence-electron chi connectivity index (χ2n) is 7.62. The number of hydrazine groups is 1. The van der Waals surface area contributed by atoms with E-state index in [4.69, 9.17) is 9.47 Å². The van der Waals surface area contributed by atoms with Crippen LogP contribution in [0.1, 0.15) is 23.3 Å². The van der Waals surface area contributed by atoms with E-state index in [2.05, 4.69) is 10.7 Å². The second kappa shape index (κ2) is 8.81. The normalized spacial score (nSPS) is 19.3. The molecule has 172 valence electrons. The van der Waals surface area contributed by atoms with Crippen molar-refractivity contribution < 1.29 is 33.0 Å². The van der Waals surface area contributed by atoms with Crippen LogP contribution in [0, 0.1) is 11.6 Å². The Morgan fingerprint density at radius 2 is 2.03 bits per heavy atom. The maximum absolute atomic E-state index is 14.2. The number of benzene rings is 1. The van der Waals surface area contributed by atoms with Gasteiger partial charge in [-0.15, -0.1) is 0 Å². The van der Waals surface area contributed by atoms with E-state index >= 15 is 0 Å². The monoisotopic (exact) mass is 452 g/mol. The van der Waals surface area contributed by atoms with Crippen LogP contribution in [-0.4, -0.2) is 72.1 Å². The summed E-state index contributed by atoms with van der Waals surface area (Å²) in [6.07, 6.45) is 1.22. The lowest BCUT2D eigenvalue weighted by Gasteiger charge is -2.29. The van der Waals surface area contributed by atoms with Crippen molar-refractivity contribution in [2.45, 2.75) is 19.0 Å². The van der Waals surface area contributed by atoms with Gasteiger partial charge in [-0.2, -0.15) is 4.39 Å². The molecule has 32 heavy (non-hydrogen) atoms. The van der Waals surface area contributed by atoms with Crippen LogP contribution in [-0.2, 0) is 9.53 Å². The van der Waals surface area contributed by atoms with Crippen LogP contribution >= 0.6 is 0 Å². The summed E-state index contributed by atoms with van der Waals surface area (Å²) in [6, 6.07) is -0.983. The number of hydrogen-bond acceptors (Lipinski definition) is 7. The summed E-state index contributed by atoms with van der Waals surface area (Å²) >= 11 is 0. The minimum atomic E-state index is -1.33. The molecule has 2 aliphatic heterocycles. The van der Waals surface area contributed by atoms with E-state index in [0.717, 1.165) is 6.07 Å². The summed E-state index contributed by atoms with van der Waals surface area (Å²) in [4.78, 5) is 38.3. The fourth-order valence-corrected chi connectivity index (χ4v) is 3.69. The molecule has 2 aliphatic rings. The van der Waals surface area contributed by atoms with Crippen LogP contribution in [0.5, 0.6) is 5.75 Å². The van der Waals surface area contributed by atoms with Gasteiger partial charge in [-0.05, 0) is 13.0 Å². The van der Waals surface area contributed by atoms with E-state index in [-0.39, 0.29) is 34.9 Å². The highest BCUT2D eigenvalue weighted by molar-refractivity contribution is 6.00. The number of pyridine rings is 1. The summed E-state index contributed by atoms with van der Waals surface area (Å²) in [6.45, 7) is 2.76. The smallest absolute Gasteiger partial charge is 0.259 e. The van der Waals surface area contributed by atoms with Gasteiger partial charge < -0.3 is 24.5 Å². The summed E-state index contributed by atoms with van der Waals surface area (Å²) in [7, 11) is 0. The van der Waals surface area contributed by atoms with Crippen LogP contribution in [0.25, 0.3) is 10.9 Å². The molecule has 1 saturated heterocycles. The van der Waals surface area contributed by atoms with Crippen LogP contribution in [0.2, 0.25) is 0 Å². The van der Waals surface area contributed by atoms with E-state index < -0.39 is 41.5 Å². The predicted octanol–water partition coefficient (Wildman–Crippen LogP) is -0.313. The highest BCUT2D eigenvalue weighted by atomic mass is 19.2. The molecule has 4 rings (SSSR count). The maximum atomic E-state index is 14.2. The van der Waals surface area contributed by atoms with E-state index in [0.29, 0.717) is 26.3 Å². The number of rotatable bonds is 5. The fraction of sp³-hybridized carbons (Fsp3) is 0.450. The van der Waals surface area contributed by atoms with Crippen LogP contribution < -0.4 is 20.9 Å². The third kappa shape index (κ3) is 3.92. The molecule has 1 aromatic heterocycles. The third-order valence-corrected chi connectivity index (χ3v) is 5.44. The molecule has 1 aromatic carbocycles. The Balaban J connectivity index is 1.65. The number of ether oxygens (including phenoxy) is 2. The number of hydrogen-bond donors (Lipinski definition) is 3. The van der Waals surface area contributed by atoms with Gasteiger partial charge in [-0.3, -0.25) is 19.8 Å².